The minimum Gasteiger partial charge on any atom is -0.481 e. The number of carboxylic acids is 3. The lowest BCUT2D eigenvalue weighted by Crippen LogP contribution is -2.57. The average molecular weight is 499 g/mol. The van der Waals surface area contributed by atoms with Crippen LogP contribution in [-0.2, 0) is 14.4 Å². The summed E-state index contributed by atoms with van der Waals surface area (Å²) >= 11 is 0. The number of rotatable bonds is 23. The van der Waals surface area contributed by atoms with Crippen LogP contribution in [0, 0.1) is 17.8 Å². The molecule has 0 aromatic heterocycles. The van der Waals surface area contributed by atoms with Crippen molar-refractivity contribution in [2.45, 2.75) is 105 Å². The van der Waals surface area contributed by atoms with Crippen molar-refractivity contribution in [3.05, 3.63) is 12.2 Å². The molecule has 3 unspecified atom stereocenters. The maximum Gasteiger partial charge on any atom is 0.311 e. The molecule has 0 aromatic rings. The molecule has 0 fully saturated rings. The molecule has 0 radical (unpaired) electrons. The Labute approximate surface area is 213 Å². The van der Waals surface area contributed by atoms with E-state index in [2.05, 4.69) is 19.1 Å². The van der Waals surface area contributed by atoms with Gasteiger partial charge in [-0.15, -0.1) is 0 Å². The Kier molecular flexibility index (Phi) is 18.3. The molecular formula is C28H52NO6+. The first-order chi connectivity index (χ1) is 16.5. The second kappa shape index (κ2) is 19.3. The van der Waals surface area contributed by atoms with Crippen molar-refractivity contribution in [1.82, 2.24) is 0 Å². The van der Waals surface area contributed by atoms with E-state index in [1.54, 1.807) is 20.8 Å². The summed E-state index contributed by atoms with van der Waals surface area (Å²) in [7, 11) is 0. The van der Waals surface area contributed by atoms with Gasteiger partial charge in [0.25, 0.3) is 0 Å². The van der Waals surface area contributed by atoms with Gasteiger partial charge in [-0.1, -0.05) is 64.0 Å². The number of unbranched alkanes of at least 4 members (excludes halogenated alkanes) is 10. The van der Waals surface area contributed by atoms with Crippen molar-refractivity contribution in [2.75, 3.05) is 26.2 Å². The highest BCUT2D eigenvalue weighted by Gasteiger charge is 2.38. The quantitative estimate of drug-likeness (QED) is 0.0875. The van der Waals surface area contributed by atoms with Gasteiger partial charge in [0.1, 0.15) is 17.8 Å². The lowest BCUT2D eigenvalue weighted by atomic mass is 10.00. The van der Waals surface area contributed by atoms with E-state index >= 15 is 0 Å². The summed E-state index contributed by atoms with van der Waals surface area (Å²) in [6.45, 7) is 8.40. The van der Waals surface area contributed by atoms with Gasteiger partial charge < -0.3 is 19.8 Å². The second-order valence-electron chi connectivity index (χ2n) is 10.6. The first kappa shape index (κ1) is 33.1. The number of hydrogen-bond acceptors (Lipinski definition) is 3. The fourth-order valence-corrected chi connectivity index (χ4v) is 4.82. The Morgan fingerprint density at radius 1 is 0.600 bits per heavy atom. The minimum absolute atomic E-state index is 0.223. The third-order valence-corrected chi connectivity index (χ3v) is 6.87. The number of aliphatic carboxylic acids is 3. The molecule has 3 N–H and O–H groups in total. The Hall–Kier alpha value is -1.89. The van der Waals surface area contributed by atoms with Crippen LogP contribution in [0.5, 0.6) is 0 Å². The molecule has 0 aromatic carbocycles. The fourth-order valence-electron chi connectivity index (χ4n) is 4.82. The molecule has 0 bridgehead atoms. The molecule has 0 amide bonds. The van der Waals surface area contributed by atoms with Gasteiger partial charge in [-0.3, -0.25) is 14.4 Å². The van der Waals surface area contributed by atoms with Crippen molar-refractivity contribution >= 4 is 17.9 Å². The van der Waals surface area contributed by atoms with Crippen molar-refractivity contribution in [3.63, 3.8) is 0 Å². The predicted molar refractivity (Wildman–Crippen MR) is 140 cm³/mol. The van der Waals surface area contributed by atoms with Gasteiger partial charge in [0.15, 0.2) is 0 Å². The van der Waals surface area contributed by atoms with E-state index in [0.29, 0.717) is 6.54 Å². The summed E-state index contributed by atoms with van der Waals surface area (Å²) in [5.74, 6) is -4.81. The van der Waals surface area contributed by atoms with Gasteiger partial charge in [-0.25, -0.2) is 0 Å². The first-order valence-electron chi connectivity index (χ1n) is 13.7. The Morgan fingerprint density at radius 2 is 0.943 bits per heavy atom. The van der Waals surface area contributed by atoms with Crippen molar-refractivity contribution in [1.29, 1.82) is 0 Å². The maximum atomic E-state index is 11.6. The van der Waals surface area contributed by atoms with Gasteiger partial charge in [0.05, 0.1) is 26.2 Å². The number of quaternary nitrogens is 1. The molecule has 0 saturated carbocycles. The number of nitrogens with zero attached hydrogens (tertiary/aromatic N) is 1. The van der Waals surface area contributed by atoms with Crippen LogP contribution in [0.1, 0.15) is 105 Å². The molecule has 35 heavy (non-hydrogen) atoms. The first-order valence-corrected chi connectivity index (χ1v) is 13.7. The standard InChI is InChI=1S/C28H51NO6/c1-5-6-7-8-9-10-11-12-13-14-15-16-17-18-19-29(20-23(2)26(30)31,21-24(3)27(32)33)22-25(4)28(34)35/h7-8,23-25H,5-6,9-22H2,1-4H3,(H2-,30,31,32,33,34,35)/p+1/b8-7+. The molecule has 0 aliphatic heterocycles. The van der Waals surface area contributed by atoms with Crippen LogP contribution in [0.15, 0.2) is 12.2 Å². The van der Waals surface area contributed by atoms with Crippen LogP contribution in [-0.4, -0.2) is 63.9 Å². The van der Waals surface area contributed by atoms with E-state index in [4.69, 9.17) is 0 Å². The molecule has 0 aliphatic rings. The van der Waals surface area contributed by atoms with Crippen molar-refractivity contribution in [3.8, 4) is 0 Å². The van der Waals surface area contributed by atoms with Crippen LogP contribution in [0.3, 0.4) is 0 Å². The van der Waals surface area contributed by atoms with E-state index in [9.17, 15) is 29.7 Å². The highest BCUT2D eigenvalue weighted by molar-refractivity contribution is 5.70. The molecule has 0 rings (SSSR count). The molecule has 0 aliphatic carbocycles. The highest BCUT2D eigenvalue weighted by Crippen LogP contribution is 2.22. The zero-order valence-corrected chi connectivity index (χ0v) is 22.7. The average Bonchev–Trinajstić information content (AvgIpc) is 2.78. The summed E-state index contributed by atoms with van der Waals surface area (Å²) < 4.78 is 0.223. The topological polar surface area (TPSA) is 112 Å². The number of carboxylic acid groups (broad SMARTS) is 3. The predicted octanol–water partition coefficient (Wildman–Crippen LogP) is 6.22. The van der Waals surface area contributed by atoms with Crippen LogP contribution in [0.4, 0.5) is 0 Å². The highest BCUT2D eigenvalue weighted by atomic mass is 16.4. The van der Waals surface area contributed by atoms with Crippen LogP contribution in [0.25, 0.3) is 0 Å². The van der Waals surface area contributed by atoms with Crippen LogP contribution < -0.4 is 0 Å². The van der Waals surface area contributed by atoms with Crippen molar-refractivity contribution in [2.24, 2.45) is 17.8 Å². The van der Waals surface area contributed by atoms with Crippen molar-refractivity contribution < 1.29 is 34.2 Å². The Morgan fingerprint density at radius 3 is 1.31 bits per heavy atom. The molecule has 0 spiro atoms. The summed E-state index contributed by atoms with van der Waals surface area (Å²) in [6.07, 6.45) is 18.5. The molecule has 0 heterocycles. The second-order valence-corrected chi connectivity index (χ2v) is 10.6. The van der Waals surface area contributed by atoms with Gasteiger partial charge in [-0.2, -0.15) is 0 Å². The van der Waals surface area contributed by atoms with Gasteiger partial charge in [-0.05, 0) is 52.9 Å². The van der Waals surface area contributed by atoms with E-state index < -0.39 is 35.7 Å². The number of allylic oxidation sites excluding steroid dienone is 2. The van der Waals surface area contributed by atoms with Gasteiger partial charge in [0, 0.05) is 0 Å². The summed E-state index contributed by atoms with van der Waals surface area (Å²) in [6, 6.07) is 0. The minimum atomic E-state index is -0.935. The Balaban J connectivity index is 4.65. The zero-order valence-electron chi connectivity index (χ0n) is 22.7. The molecule has 7 heteroatoms. The van der Waals surface area contributed by atoms with Gasteiger partial charge >= 0.3 is 17.9 Å². The molecule has 7 nitrogen and oxygen atoms in total. The van der Waals surface area contributed by atoms with E-state index in [1.807, 2.05) is 0 Å². The largest absolute Gasteiger partial charge is 0.481 e. The Bertz CT molecular complexity index is 578. The molecule has 204 valence electrons. The lowest BCUT2D eigenvalue weighted by molar-refractivity contribution is -0.934. The van der Waals surface area contributed by atoms with E-state index in [1.165, 1.54) is 57.8 Å². The third kappa shape index (κ3) is 16.4. The summed E-state index contributed by atoms with van der Waals surface area (Å²) in [5.41, 5.74) is 0. The van der Waals surface area contributed by atoms with Crippen LogP contribution >= 0.6 is 0 Å². The van der Waals surface area contributed by atoms with Crippen LogP contribution in [0.2, 0.25) is 0 Å². The molecular weight excluding hydrogens is 446 g/mol. The fraction of sp³-hybridized carbons (Fsp3) is 0.821. The normalized spacial score (nSPS) is 16.0. The zero-order chi connectivity index (χ0) is 26.7. The van der Waals surface area contributed by atoms with Gasteiger partial charge in [0.2, 0.25) is 0 Å². The SMILES string of the molecule is CCC/C=C/CCCCCCCCCCC[N+](CC(C)C(=O)O)(CC(C)C(=O)O)CC(C)C(=O)O. The lowest BCUT2D eigenvalue weighted by Gasteiger charge is -2.42. The number of hydrogen-bond donors (Lipinski definition) is 3. The maximum absolute atomic E-state index is 11.6. The molecule has 0 saturated heterocycles. The summed E-state index contributed by atoms with van der Waals surface area (Å²) in [4.78, 5) is 34.7. The number of carbonyl (C=O) groups is 3. The van der Waals surface area contributed by atoms with E-state index in [-0.39, 0.29) is 24.1 Å². The van der Waals surface area contributed by atoms with E-state index in [0.717, 1.165) is 19.3 Å². The summed E-state index contributed by atoms with van der Waals surface area (Å²) in [5, 5.41) is 28.4. The molecule has 3 atom stereocenters. The third-order valence-electron chi connectivity index (χ3n) is 6.87. The smallest absolute Gasteiger partial charge is 0.311 e. The monoisotopic (exact) mass is 498 g/mol.